The van der Waals surface area contributed by atoms with Crippen molar-refractivity contribution < 1.29 is 5.11 Å². The van der Waals surface area contributed by atoms with Gasteiger partial charge in [-0.2, -0.15) is 0 Å². The molecular formula is C13H25NO. The van der Waals surface area contributed by atoms with Gasteiger partial charge in [-0.15, -0.1) is 0 Å². The van der Waals surface area contributed by atoms with Gasteiger partial charge in [0.2, 0.25) is 0 Å². The van der Waals surface area contributed by atoms with E-state index in [0.717, 1.165) is 18.9 Å². The summed E-state index contributed by atoms with van der Waals surface area (Å²) in [6.07, 6.45) is 8.96. The molecule has 2 rings (SSSR count). The first-order valence-electron chi connectivity index (χ1n) is 6.73. The second-order valence-electron chi connectivity index (χ2n) is 5.30. The Morgan fingerprint density at radius 1 is 1.07 bits per heavy atom. The molecular weight excluding hydrogens is 186 g/mol. The van der Waals surface area contributed by atoms with Gasteiger partial charge in [0.15, 0.2) is 0 Å². The van der Waals surface area contributed by atoms with Crippen LogP contribution in [0.15, 0.2) is 0 Å². The molecule has 0 aliphatic heterocycles. The predicted octanol–water partition coefficient (Wildman–Crippen LogP) is 2.41. The van der Waals surface area contributed by atoms with Crippen LogP contribution in [0, 0.1) is 5.92 Å². The molecule has 88 valence electrons. The fraction of sp³-hybridized carbons (Fsp3) is 1.00. The summed E-state index contributed by atoms with van der Waals surface area (Å²) in [6, 6.07) is 0.462. The van der Waals surface area contributed by atoms with Gasteiger partial charge in [-0.25, -0.2) is 0 Å². The molecule has 2 atom stereocenters. The van der Waals surface area contributed by atoms with Gasteiger partial charge >= 0.3 is 0 Å². The van der Waals surface area contributed by atoms with Crippen LogP contribution in [0.1, 0.15) is 51.9 Å². The molecule has 2 saturated carbocycles. The van der Waals surface area contributed by atoms with Crippen LogP contribution >= 0.6 is 0 Å². The Bertz CT molecular complexity index is 191. The number of likely N-dealkylation sites (N-methyl/N-ethyl adjacent to an activating group) is 1. The third-order valence-corrected chi connectivity index (χ3v) is 4.29. The molecule has 0 aromatic heterocycles. The topological polar surface area (TPSA) is 23.5 Å². The number of hydrogen-bond donors (Lipinski definition) is 1. The minimum absolute atomic E-state index is 0.0567. The molecule has 2 nitrogen and oxygen atoms in total. The predicted molar refractivity (Wildman–Crippen MR) is 62.9 cm³/mol. The van der Waals surface area contributed by atoms with Crippen molar-refractivity contribution in [2.24, 2.45) is 5.92 Å². The van der Waals surface area contributed by atoms with Crippen molar-refractivity contribution in [3.63, 3.8) is 0 Å². The molecule has 0 saturated heterocycles. The molecule has 15 heavy (non-hydrogen) atoms. The maximum Gasteiger partial charge on any atom is 0.0695 e. The van der Waals surface area contributed by atoms with Crippen molar-refractivity contribution in [2.75, 3.05) is 13.1 Å². The Morgan fingerprint density at radius 3 is 2.33 bits per heavy atom. The van der Waals surface area contributed by atoms with E-state index in [1.165, 1.54) is 45.1 Å². The first kappa shape index (κ1) is 11.4. The zero-order valence-electron chi connectivity index (χ0n) is 9.99. The smallest absolute Gasteiger partial charge is 0.0695 e. The molecule has 1 N–H and O–H groups in total. The highest BCUT2D eigenvalue weighted by Crippen LogP contribution is 2.30. The molecule has 0 heterocycles. The lowest BCUT2D eigenvalue weighted by Gasteiger charge is -2.40. The van der Waals surface area contributed by atoms with E-state index in [9.17, 15) is 5.11 Å². The molecule has 0 amide bonds. The van der Waals surface area contributed by atoms with Crippen LogP contribution in [0.25, 0.3) is 0 Å². The summed E-state index contributed by atoms with van der Waals surface area (Å²) in [6.45, 7) is 4.58. The van der Waals surface area contributed by atoms with Crippen LogP contribution in [0.2, 0.25) is 0 Å². The minimum atomic E-state index is -0.0567. The quantitative estimate of drug-likeness (QED) is 0.772. The van der Waals surface area contributed by atoms with Crippen molar-refractivity contribution in [1.82, 2.24) is 4.90 Å². The Balaban J connectivity index is 1.85. The highest BCUT2D eigenvalue weighted by molar-refractivity contribution is 4.85. The fourth-order valence-corrected chi connectivity index (χ4v) is 3.02. The zero-order valence-corrected chi connectivity index (χ0v) is 9.99. The van der Waals surface area contributed by atoms with E-state index >= 15 is 0 Å². The first-order chi connectivity index (χ1) is 7.31. The van der Waals surface area contributed by atoms with Gasteiger partial charge < -0.3 is 5.11 Å². The maximum absolute atomic E-state index is 10.0. The largest absolute Gasteiger partial charge is 0.391 e. The lowest BCUT2D eigenvalue weighted by Crippen LogP contribution is -2.47. The molecule has 2 heteroatoms. The molecule has 0 aromatic carbocycles. The summed E-state index contributed by atoms with van der Waals surface area (Å²) >= 11 is 0. The average Bonchev–Trinajstić information content (AvgIpc) is 2.19. The molecule has 0 aromatic rings. The second-order valence-corrected chi connectivity index (χ2v) is 5.30. The van der Waals surface area contributed by atoms with E-state index in [-0.39, 0.29) is 6.10 Å². The van der Waals surface area contributed by atoms with Gasteiger partial charge in [0.25, 0.3) is 0 Å². The monoisotopic (exact) mass is 211 g/mol. The first-order valence-corrected chi connectivity index (χ1v) is 6.73. The van der Waals surface area contributed by atoms with Crippen LogP contribution in [0.5, 0.6) is 0 Å². The maximum atomic E-state index is 10.0. The molecule has 0 unspecified atom stereocenters. The number of aliphatic hydroxyl groups is 1. The molecule has 2 aliphatic carbocycles. The van der Waals surface area contributed by atoms with Crippen LogP contribution in [0.3, 0.4) is 0 Å². The lowest BCUT2D eigenvalue weighted by molar-refractivity contribution is 0.00886. The van der Waals surface area contributed by atoms with Crippen molar-refractivity contribution in [2.45, 2.75) is 64.0 Å². The summed E-state index contributed by atoms with van der Waals surface area (Å²) in [5, 5.41) is 10.0. The SMILES string of the molecule is CCN(CC1CCC1)[C@H]1CCCC[C@@H]1O. The Morgan fingerprint density at radius 2 is 1.80 bits per heavy atom. The van der Waals surface area contributed by atoms with Gasteiger partial charge in [-0.3, -0.25) is 4.90 Å². The second kappa shape index (κ2) is 5.31. The number of aliphatic hydroxyl groups excluding tert-OH is 1. The summed E-state index contributed by atoms with van der Waals surface area (Å²) in [5.74, 6) is 0.930. The van der Waals surface area contributed by atoms with Gasteiger partial charge in [0, 0.05) is 12.6 Å². The van der Waals surface area contributed by atoms with Crippen LogP contribution in [0.4, 0.5) is 0 Å². The van der Waals surface area contributed by atoms with Crippen molar-refractivity contribution in [3.05, 3.63) is 0 Å². The van der Waals surface area contributed by atoms with Crippen molar-refractivity contribution >= 4 is 0 Å². The molecule has 0 bridgehead atoms. The minimum Gasteiger partial charge on any atom is -0.391 e. The Hall–Kier alpha value is -0.0800. The van der Waals surface area contributed by atoms with E-state index in [4.69, 9.17) is 0 Å². The van der Waals surface area contributed by atoms with Crippen molar-refractivity contribution in [1.29, 1.82) is 0 Å². The van der Waals surface area contributed by atoms with E-state index in [1.54, 1.807) is 0 Å². The van der Waals surface area contributed by atoms with E-state index in [1.807, 2.05) is 0 Å². The highest BCUT2D eigenvalue weighted by Gasteiger charge is 2.30. The van der Waals surface area contributed by atoms with E-state index in [2.05, 4.69) is 11.8 Å². The summed E-state index contributed by atoms with van der Waals surface area (Å²) in [7, 11) is 0. The van der Waals surface area contributed by atoms with Gasteiger partial charge in [-0.1, -0.05) is 26.2 Å². The third kappa shape index (κ3) is 2.73. The van der Waals surface area contributed by atoms with Gasteiger partial charge in [-0.05, 0) is 38.1 Å². The standard InChI is InChI=1S/C13H25NO/c1-2-14(10-11-6-5-7-11)12-8-3-4-9-13(12)15/h11-13,15H,2-10H2,1H3/t12-,13-/m0/s1. The highest BCUT2D eigenvalue weighted by atomic mass is 16.3. The van der Waals surface area contributed by atoms with Crippen LogP contribution in [-0.4, -0.2) is 35.2 Å². The summed E-state index contributed by atoms with van der Waals surface area (Å²) in [5.41, 5.74) is 0. The summed E-state index contributed by atoms with van der Waals surface area (Å²) < 4.78 is 0. The number of nitrogens with zero attached hydrogens (tertiary/aromatic N) is 1. The van der Waals surface area contributed by atoms with Crippen LogP contribution in [-0.2, 0) is 0 Å². The van der Waals surface area contributed by atoms with Crippen molar-refractivity contribution in [3.8, 4) is 0 Å². The number of rotatable bonds is 4. The lowest BCUT2D eigenvalue weighted by atomic mass is 9.83. The van der Waals surface area contributed by atoms with Crippen LogP contribution < -0.4 is 0 Å². The third-order valence-electron chi connectivity index (χ3n) is 4.29. The van der Waals surface area contributed by atoms with E-state index < -0.39 is 0 Å². The zero-order chi connectivity index (χ0) is 10.7. The van der Waals surface area contributed by atoms with E-state index in [0.29, 0.717) is 6.04 Å². The molecule has 2 fully saturated rings. The summed E-state index contributed by atoms with van der Waals surface area (Å²) in [4.78, 5) is 2.54. The fourth-order valence-electron chi connectivity index (χ4n) is 3.02. The Labute approximate surface area is 93.7 Å². The normalized spacial score (nSPS) is 33.0. The molecule has 0 spiro atoms. The Kier molecular flexibility index (Phi) is 4.04. The average molecular weight is 211 g/mol. The van der Waals surface area contributed by atoms with Gasteiger partial charge in [0.1, 0.15) is 0 Å². The van der Waals surface area contributed by atoms with Gasteiger partial charge in [0.05, 0.1) is 6.10 Å². The number of hydrogen-bond acceptors (Lipinski definition) is 2. The molecule has 0 radical (unpaired) electrons. The molecule has 2 aliphatic rings.